The Morgan fingerprint density at radius 2 is 2.42 bits per heavy atom. The summed E-state index contributed by atoms with van der Waals surface area (Å²) >= 11 is 0. The predicted molar refractivity (Wildman–Crippen MR) is 46.3 cm³/mol. The molecule has 60 valence electrons. The fourth-order valence-electron chi connectivity index (χ4n) is 0.738. The van der Waals surface area contributed by atoms with Crippen LogP contribution in [0.3, 0.4) is 0 Å². The Balaban J connectivity index is 3.04. The predicted octanol–water partition coefficient (Wildman–Crippen LogP) is 0.523. The SMILES string of the molecule is Cc1cc(C#CC=O)ncc1N. The summed E-state index contributed by atoms with van der Waals surface area (Å²) in [5.74, 6) is 4.85. The van der Waals surface area contributed by atoms with E-state index >= 15 is 0 Å². The zero-order valence-electron chi connectivity index (χ0n) is 6.66. The van der Waals surface area contributed by atoms with Crippen molar-refractivity contribution in [2.75, 3.05) is 5.73 Å². The van der Waals surface area contributed by atoms with Crippen LogP contribution in [-0.4, -0.2) is 11.3 Å². The number of aromatic nitrogens is 1. The third-order valence-electron chi connectivity index (χ3n) is 1.41. The molecule has 1 heterocycles. The van der Waals surface area contributed by atoms with E-state index in [-0.39, 0.29) is 0 Å². The van der Waals surface area contributed by atoms with E-state index in [0.29, 0.717) is 17.7 Å². The number of rotatable bonds is 0. The van der Waals surface area contributed by atoms with Gasteiger partial charge in [-0.3, -0.25) is 4.79 Å². The number of aryl methyl sites for hydroxylation is 1. The largest absolute Gasteiger partial charge is 0.397 e. The van der Waals surface area contributed by atoms with Gasteiger partial charge in [-0.25, -0.2) is 4.98 Å². The number of nitrogens with zero attached hydrogens (tertiary/aromatic N) is 1. The molecule has 0 saturated carbocycles. The van der Waals surface area contributed by atoms with Gasteiger partial charge in [0.15, 0.2) is 6.29 Å². The summed E-state index contributed by atoms with van der Waals surface area (Å²) in [6.45, 7) is 1.86. The van der Waals surface area contributed by atoms with Crippen molar-refractivity contribution in [3.8, 4) is 11.8 Å². The maximum absolute atomic E-state index is 9.90. The average Bonchev–Trinajstić information content (AvgIpc) is 2.07. The van der Waals surface area contributed by atoms with Crippen molar-refractivity contribution in [2.24, 2.45) is 0 Å². The number of hydrogen-bond acceptors (Lipinski definition) is 3. The van der Waals surface area contributed by atoms with E-state index in [9.17, 15) is 4.79 Å². The van der Waals surface area contributed by atoms with Gasteiger partial charge in [-0.2, -0.15) is 0 Å². The molecule has 0 amide bonds. The lowest BCUT2D eigenvalue weighted by Gasteiger charge is -1.97. The zero-order chi connectivity index (χ0) is 8.97. The second kappa shape index (κ2) is 3.54. The Labute approximate surface area is 70.6 Å². The summed E-state index contributed by atoms with van der Waals surface area (Å²) in [6, 6.07) is 1.74. The molecule has 2 N–H and O–H groups in total. The first-order valence-corrected chi connectivity index (χ1v) is 3.41. The highest BCUT2D eigenvalue weighted by Crippen LogP contribution is 2.08. The molecule has 0 aromatic carbocycles. The van der Waals surface area contributed by atoms with E-state index in [0.717, 1.165) is 5.56 Å². The van der Waals surface area contributed by atoms with Gasteiger partial charge in [-0.1, -0.05) is 0 Å². The number of nitrogen functional groups attached to an aromatic ring is 1. The number of nitrogens with two attached hydrogens (primary N) is 1. The van der Waals surface area contributed by atoms with Gasteiger partial charge in [0.05, 0.1) is 11.9 Å². The monoisotopic (exact) mass is 160 g/mol. The van der Waals surface area contributed by atoms with Crippen molar-refractivity contribution in [1.82, 2.24) is 4.98 Å². The molecule has 12 heavy (non-hydrogen) atoms. The van der Waals surface area contributed by atoms with E-state index in [4.69, 9.17) is 5.73 Å². The van der Waals surface area contributed by atoms with E-state index in [2.05, 4.69) is 16.8 Å². The van der Waals surface area contributed by atoms with Crippen LogP contribution in [0.25, 0.3) is 0 Å². The van der Waals surface area contributed by atoms with Gasteiger partial charge < -0.3 is 5.73 Å². The number of hydrogen-bond donors (Lipinski definition) is 1. The maximum atomic E-state index is 9.90. The van der Waals surface area contributed by atoms with Crippen LogP contribution in [0.4, 0.5) is 5.69 Å². The van der Waals surface area contributed by atoms with Crippen LogP contribution in [0.1, 0.15) is 11.3 Å². The van der Waals surface area contributed by atoms with Crippen LogP contribution in [0, 0.1) is 18.8 Å². The van der Waals surface area contributed by atoms with Crippen LogP contribution in [0.2, 0.25) is 0 Å². The molecule has 0 aliphatic rings. The Hall–Kier alpha value is -1.82. The molecule has 0 atom stereocenters. The highest BCUT2D eigenvalue weighted by atomic mass is 16.1. The van der Waals surface area contributed by atoms with Crippen LogP contribution < -0.4 is 5.73 Å². The molecule has 1 rings (SSSR count). The lowest BCUT2D eigenvalue weighted by molar-refractivity contribution is -0.103. The van der Waals surface area contributed by atoms with Gasteiger partial charge >= 0.3 is 0 Å². The lowest BCUT2D eigenvalue weighted by Crippen LogP contribution is -1.92. The standard InChI is InChI=1S/C9H8N2O/c1-7-5-8(3-2-4-12)11-6-9(7)10/h4-6H,10H2,1H3. The summed E-state index contributed by atoms with van der Waals surface area (Å²) in [5, 5.41) is 0. The van der Waals surface area contributed by atoms with Crippen LogP contribution in [-0.2, 0) is 4.79 Å². The van der Waals surface area contributed by atoms with E-state index in [1.165, 1.54) is 6.20 Å². The normalized spacial score (nSPS) is 8.42. The topological polar surface area (TPSA) is 56.0 Å². The van der Waals surface area contributed by atoms with Crippen molar-refractivity contribution in [1.29, 1.82) is 0 Å². The highest BCUT2D eigenvalue weighted by Gasteiger charge is 1.93. The number of aldehydes is 1. The lowest BCUT2D eigenvalue weighted by atomic mass is 10.2. The van der Waals surface area contributed by atoms with Crippen molar-refractivity contribution < 1.29 is 4.79 Å². The van der Waals surface area contributed by atoms with Crippen LogP contribution in [0.15, 0.2) is 12.3 Å². The molecule has 0 spiro atoms. The number of pyridine rings is 1. The fraction of sp³-hybridized carbons (Fsp3) is 0.111. The number of carbonyl (C=O) groups is 1. The van der Waals surface area contributed by atoms with Crippen LogP contribution >= 0.6 is 0 Å². The number of anilines is 1. The van der Waals surface area contributed by atoms with Crippen molar-refractivity contribution in [3.63, 3.8) is 0 Å². The summed E-state index contributed by atoms with van der Waals surface area (Å²) in [7, 11) is 0. The molecule has 0 aliphatic carbocycles. The maximum Gasteiger partial charge on any atom is 0.193 e. The van der Waals surface area contributed by atoms with Gasteiger partial charge in [-0.05, 0) is 30.4 Å². The average molecular weight is 160 g/mol. The van der Waals surface area contributed by atoms with Gasteiger partial charge in [0.1, 0.15) is 5.69 Å². The molecule has 0 saturated heterocycles. The van der Waals surface area contributed by atoms with Gasteiger partial charge in [-0.15, -0.1) is 0 Å². The molecule has 1 aromatic heterocycles. The molecule has 0 aliphatic heterocycles. The number of carbonyl (C=O) groups excluding carboxylic acids is 1. The molecule has 0 fully saturated rings. The van der Waals surface area contributed by atoms with Crippen LogP contribution in [0.5, 0.6) is 0 Å². The Bertz CT molecular complexity index is 361. The smallest absolute Gasteiger partial charge is 0.193 e. The zero-order valence-corrected chi connectivity index (χ0v) is 6.66. The van der Waals surface area contributed by atoms with Crippen molar-refractivity contribution in [2.45, 2.75) is 6.92 Å². The molecule has 0 radical (unpaired) electrons. The molecule has 0 unspecified atom stereocenters. The molecular formula is C9H8N2O. The minimum atomic E-state index is 0.535. The third-order valence-corrected chi connectivity index (χ3v) is 1.41. The Kier molecular flexibility index (Phi) is 2.44. The first-order chi connectivity index (χ1) is 5.74. The highest BCUT2D eigenvalue weighted by molar-refractivity contribution is 5.73. The minimum Gasteiger partial charge on any atom is -0.397 e. The minimum absolute atomic E-state index is 0.535. The van der Waals surface area contributed by atoms with Crippen molar-refractivity contribution >= 4 is 12.0 Å². The first-order valence-electron chi connectivity index (χ1n) is 3.41. The quantitative estimate of drug-likeness (QED) is 0.444. The van der Waals surface area contributed by atoms with Gasteiger partial charge in [0.2, 0.25) is 0 Å². The molecule has 3 nitrogen and oxygen atoms in total. The third kappa shape index (κ3) is 1.83. The molecule has 3 heteroatoms. The van der Waals surface area contributed by atoms with Gasteiger partial charge in [0.25, 0.3) is 0 Å². The second-order valence-electron chi connectivity index (χ2n) is 2.31. The van der Waals surface area contributed by atoms with E-state index < -0.39 is 0 Å². The summed E-state index contributed by atoms with van der Waals surface area (Å²) in [6.07, 6.45) is 2.07. The van der Waals surface area contributed by atoms with E-state index in [1.807, 2.05) is 6.92 Å². The summed E-state index contributed by atoms with van der Waals surface area (Å²) in [5.41, 5.74) is 7.65. The molecular weight excluding hydrogens is 152 g/mol. The first kappa shape index (κ1) is 8.28. The Morgan fingerprint density at radius 3 is 3.00 bits per heavy atom. The summed E-state index contributed by atoms with van der Waals surface area (Å²) < 4.78 is 0. The molecule has 1 aromatic rings. The van der Waals surface area contributed by atoms with Gasteiger partial charge in [0, 0.05) is 0 Å². The van der Waals surface area contributed by atoms with E-state index in [1.54, 1.807) is 6.07 Å². The van der Waals surface area contributed by atoms with Crippen molar-refractivity contribution in [3.05, 3.63) is 23.5 Å². The molecule has 0 bridgehead atoms. The fourth-order valence-corrected chi connectivity index (χ4v) is 0.738. The second-order valence-corrected chi connectivity index (χ2v) is 2.31. The summed E-state index contributed by atoms with van der Waals surface area (Å²) in [4.78, 5) is 13.8. The Morgan fingerprint density at radius 1 is 1.67 bits per heavy atom.